The standard InChI is InChI=1S/C22H25F2N7O/c1-14-8-31-12-16(5-17(23)20(31)27-14)28-21(32)18-6-26-19(7-25-18)30-10-15(11-30)9-29-4-3-22(2,24)13-29/h5-8,12,15H,3-4,9-11,13H2,1-2H3,(H,28,32)/t22-/m0/s1. The fraction of sp³-hybridized carbons (Fsp3) is 0.455. The Labute approximate surface area is 184 Å². The number of aryl methyl sites for hydroxylation is 1. The number of halogens is 2. The molecule has 5 heterocycles. The van der Waals surface area contributed by atoms with Gasteiger partial charge in [-0.3, -0.25) is 9.69 Å². The number of anilines is 2. The van der Waals surface area contributed by atoms with Gasteiger partial charge in [0.1, 0.15) is 17.2 Å². The first-order valence-electron chi connectivity index (χ1n) is 10.7. The predicted octanol–water partition coefficient (Wildman–Crippen LogP) is 2.69. The highest BCUT2D eigenvalue weighted by Crippen LogP contribution is 2.28. The zero-order valence-electron chi connectivity index (χ0n) is 18.1. The molecule has 0 spiro atoms. The quantitative estimate of drug-likeness (QED) is 0.656. The Bertz CT molecular complexity index is 1160. The van der Waals surface area contributed by atoms with Crippen LogP contribution in [-0.2, 0) is 0 Å². The largest absolute Gasteiger partial charge is 0.355 e. The van der Waals surface area contributed by atoms with Gasteiger partial charge < -0.3 is 14.6 Å². The Morgan fingerprint density at radius 2 is 2.09 bits per heavy atom. The van der Waals surface area contributed by atoms with E-state index in [1.807, 2.05) is 0 Å². The second-order valence-electron chi connectivity index (χ2n) is 9.07. The molecular formula is C22H25F2N7O. The summed E-state index contributed by atoms with van der Waals surface area (Å²) in [5.41, 5.74) is 0.275. The molecule has 0 radical (unpaired) electrons. The zero-order chi connectivity index (χ0) is 22.5. The molecule has 0 bridgehead atoms. The van der Waals surface area contributed by atoms with Crippen molar-refractivity contribution in [3.63, 3.8) is 0 Å². The number of amides is 1. The van der Waals surface area contributed by atoms with Crippen molar-refractivity contribution in [2.45, 2.75) is 25.9 Å². The Morgan fingerprint density at radius 1 is 1.28 bits per heavy atom. The van der Waals surface area contributed by atoms with E-state index in [1.165, 1.54) is 16.7 Å². The number of hydrogen-bond acceptors (Lipinski definition) is 6. The molecule has 0 aliphatic carbocycles. The minimum Gasteiger partial charge on any atom is -0.355 e. The number of pyridine rings is 1. The third kappa shape index (κ3) is 4.14. The highest BCUT2D eigenvalue weighted by atomic mass is 19.1. The lowest BCUT2D eigenvalue weighted by Crippen LogP contribution is -2.51. The van der Waals surface area contributed by atoms with Crippen molar-refractivity contribution < 1.29 is 13.6 Å². The SMILES string of the molecule is Cc1cn2cc(NC(=O)c3cnc(N4CC(CN5CC[C@](C)(F)C5)C4)cn3)cc(F)c2n1. The molecule has 0 unspecified atom stereocenters. The summed E-state index contributed by atoms with van der Waals surface area (Å²) < 4.78 is 29.7. The van der Waals surface area contributed by atoms with Crippen LogP contribution in [0.1, 0.15) is 29.5 Å². The van der Waals surface area contributed by atoms with E-state index in [0.29, 0.717) is 36.1 Å². The molecule has 32 heavy (non-hydrogen) atoms. The number of nitrogens with zero attached hydrogens (tertiary/aromatic N) is 6. The lowest BCUT2D eigenvalue weighted by Gasteiger charge is -2.41. The van der Waals surface area contributed by atoms with E-state index in [1.54, 1.807) is 32.4 Å². The summed E-state index contributed by atoms with van der Waals surface area (Å²) in [6.07, 6.45) is 6.87. The molecule has 8 nitrogen and oxygen atoms in total. The van der Waals surface area contributed by atoms with Gasteiger partial charge in [-0.05, 0) is 20.3 Å². The van der Waals surface area contributed by atoms with Gasteiger partial charge >= 0.3 is 0 Å². The van der Waals surface area contributed by atoms with Crippen molar-refractivity contribution in [2.75, 3.05) is 42.9 Å². The van der Waals surface area contributed by atoms with Crippen molar-refractivity contribution in [1.29, 1.82) is 0 Å². The maximum atomic E-state index is 14.2. The molecule has 5 rings (SSSR count). The van der Waals surface area contributed by atoms with Gasteiger partial charge in [0, 0.05) is 57.1 Å². The normalized spacial score (nSPS) is 21.8. The lowest BCUT2D eigenvalue weighted by molar-refractivity contribution is 0.102. The third-order valence-corrected chi connectivity index (χ3v) is 6.06. The molecule has 2 aliphatic heterocycles. The van der Waals surface area contributed by atoms with E-state index in [0.717, 1.165) is 26.2 Å². The fourth-order valence-electron chi connectivity index (χ4n) is 4.45. The number of alkyl halides is 1. The topological polar surface area (TPSA) is 78.7 Å². The molecule has 10 heteroatoms. The maximum absolute atomic E-state index is 14.2. The van der Waals surface area contributed by atoms with Crippen LogP contribution in [0.4, 0.5) is 20.3 Å². The van der Waals surface area contributed by atoms with Crippen molar-refractivity contribution >= 4 is 23.1 Å². The van der Waals surface area contributed by atoms with Gasteiger partial charge in [0.2, 0.25) is 0 Å². The van der Waals surface area contributed by atoms with Gasteiger partial charge in [-0.1, -0.05) is 0 Å². The van der Waals surface area contributed by atoms with Crippen LogP contribution >= 0.6 is 0 Å². The fourth-order valence-corrected chi connectivity index (χ4v) is 4.45. The zero-order valence-corrected chi connectivity index (χ0v) is 18.1. The van der Waals surface area contributed by atoms with Crippen molar-refractivity contribution in [2.24, 2.45) is 5.92 Å². The highest BCUT2D eigenvalue weighted by Gasteiger charge is 2.37. The van der Waals surface area contributed by atoms with Crippen molar-refractivity contribution in [3.8, 4) is 0 Å². The van der Waals surface area contributed by atoms with Crippen LogP contribution in [0.15, 0.2) is 30.9 Å². The molecule has 2 aliphatic rings. The van der Waals surface area contributed by atoms with Crippen LogP contribution in [0, 0.1) is 18.7 Å². The third-order valence-electron chi connectivity index (χ3n) is 6.06. The summed E-state index contributed by atoms with van der Waals surface area (Å²) in [7, 11) is 0. The lowest BCUT2D eigenvalue weighted by atomic mass is 10.00. The van der Waals surface area contributed by atoms with Crippen LogP contribution in [0.5, 0.6) is 0 Å². The minimum atomic E-state index is -1.07. The van der Waals surface area contributed by atoms with Crippen molar-refractivity contribution in [3.05, 3.63) is 48.1 Å². The second kappa shape index (κ2) is 7.77. The second-order valence-corrected chi connectivity index (χ2v) is 9.07. The summed E-state index contributed by atoms with van der Waals surface area (Å²) in [4.78, 5) is 29.5. The number of carbonyl (C=O) groups excluding carboxylic acids is 1. The van der Waals surface area contributed by atoms with Gasteiger partial charge in [0.15, 0.2) is 11.5 Å². The highest BCUT2D eigenvalue weighted by molar-refractivity contribution is 6.02. The Hall–Kier alpha value is -3.14. The molecule has 3 aromatic heterocycles. The van der Waals surface area contributed by atoms with Gasteiger partial charge in [-0.15, -0.1) is 0 Å². The number of fused-ring (bicyclic) bond motifs is 1. The Morgan fingerprint density at radius 3 is 2.78 bits per heavy atom. The molecular weight excluding hydrogens is 416 g/mol. The number of carbonyl (C=O) groups is 1. The van der Waals surface area contributed by atoms with Gasteiger partial charge in [-0.25, -0.2) is 23.7 Å². The van der Waals surface area contributed by atoms with E-state index in [9.17, 15) is 13.6 Å². The molecule has 168 valence electrons. The number of rotatable bonds is 5. The molecule has 0 saturated carbocycles. The maximum Gasteiger partial charge on any atom is 0.275 e. The van der Waals surface area contributed by atoms with Gasteiger partial charge in [0.25, 0.3) is 5.91 Å². The van der Waals surface area contributed by atoms with Crippen LogP contribution in [-0.4, -0.2) is 68.6 Å². The van der Waals surface area contributed by atoms with Crippen LogP contribution in [0.2, 0.25) is 0 Å². The van der Waals surface area contributed by atoms with E-state index in [2.05, 4.69) is 30.1 Å². The summed E-state index contributed by atoms with van der Waals surface area (Å²) in [5, 5.41) is 2.65. The molecule has 1 N–H and O–H groups in total. The molecule has 1 amide bonds. The summed E-state index contributed by atoms with van der Waals surface area (Å²) >= 11 is 0. The summed E-state index contributed by atoms with van der Waals surface area (Å²) in [6, 6.07) is 1.23. The van der Waals surface area contributed by atoms with Crippen LogP contribution in [0.25, 0.3) is 5.65 Å². The van der Waals surface area contributed by atoms with E-state index < -0.39 is 17.4 Å². The van der Waals surface area contributed by atoms with Crippen LogP contribution in [0.3, 0.4) is 0 Å². The van der Waals surface area contributed by atoms with Crippen molar-refractivity contribution in [1.82, 2.24) is 24.3 Å². The van der Waals surface area contributed by atoms with E-state index in [-0.39, 0.29) is 11.3 Å². The molecule has 0 aromatic carbocycles. The first kappa shape index (κ1) is 20.7. The van der Waals surface area contributed by atoms with Crippen LogP contribution < -0.4 is 10.2 Å². The predicted molar refractivity (Wildman–Crippen MR) is 116 cm³/mol. The summed E-state index contributed by atoms with van der Waals surface area (Å²) in [6.45, 7) is 7.32. The summed E-state index contributed by atoms with van der Waals surface area (Å²) in [5.74, 6) is 0.195. The minimum absolute atomic E-state index is 0.146. The van der Waals surface area contributed by atoms with Gasteiger partial charge in [-0.2, -0.15) is 0 Å². The molecule has 2 fully saturated rings. The first-order chi connectivity index (χ1) is 15.3. The molecule has 3 aromatic rings. The molecule has 2 saturated heterocycles. The van der Waals surface area contributed by atoms with E-state index in [4.69, 9.17) is 0 Å². The average Bonchev–Trinajstić information content (AvgIpc) is 3.25. The average molecular weight is 441 g/mol. The number of nitrogens with one attached hydrogen (secondary N) is 1. The van der Waals surface area contributed by atoms with Gasteiger partial charge in [0.05, 0.1) is 23.8 Å². The Balaban J connectivity index is 1.17. The number of imidazole rings is 1. The number of hydrogen-bond donors (Lipinski definition) is 1. The number of likely N-dealkylation sites (tertiary alicyclic amines) is 1. The van der Waals surface area contributed by atoms with E-state index >= 15 is 0 Å². The number of aromatic nitrogens is 4. The first-order valence-corrected chi connectivity index (χ1v) is 10.7. The molecule has 1 atom stereocenters. The Kier molecular flexibility index (Phi) is 5.04. The smallest absolute Gasteiger partial charge is 0.275 e. The monoisotopic (exact) mass is 441 g/mol.